The number of carbonyl (C=O) groups excluding carboxylic acids is 1. The predicted octanol–water partition coefficient (Wildman–Crippen LogP) is 5.35. The summed E-state index contributed by atoms with van der Waals surface area (Å²) in [4.78, 5) is 30.5. The Hall–Kier alpha value is -4.50. The second-order valence-electron chi connectivity index (χ2n) is 9.02. The molecule has 2 atom stereocenters. The highest BCUT2D eigenvalue weighted by atomic mass is 32.1. The average molecular weight is 527 g/mol. The van der Waals surface area contributed by atoms with E-state index >= 15 is 0 Å². The number of furan rings is 1. The van der Waals surface area contributed by atoms with Crippen molar-refractivity contribution in [2.45, 2.75) is 25.4 Å². The van der Waals surface area contributed by atoms with Crippen LogP contribution in [0.2, 0.25) is 0 Å². The minimum Gasteiger partial charge on any atom is -0.478 e. The maximum absolute atomic E-state index is 12.7. The maximum atomic E-state index is 12.7. The van der Waals surface area contributed by atoms with Crippen molar-refractivity contribution in [1.82, 2.24) is 15.2 Å². The van der Waals surface area contributed by atoms with E-state index in [1.807, 2.05) is 72.5 Å². The van der Waals surface area contributed by atoms with Crippen LogP contribution in [0.15, 0.2) is 89.5 Å². The van der Waals surface area contributed by atoms with Gasteiger partial charge in [0.2, 0.25) is 5.91 Å². The SMILES string of the molecule is Cc1cc(C(=O)O)ccc1-c1ccc([C@@H]2[C@H](c3ccccn3)NC(=S)N2CCC(=O)Nc2ccccc2)o1. The van der Waals surface area contributed by atoms with Crippen molar-refractivity contribution in [3.63, 3.8) is 0 Å². The number of aromatic nitrogens is 1. The molecular weight excluding hydrogens is 500 g/mol. The number of rotatable bonds is 8. The number of benzene rings is 2. The molecule has 1 saturated heterocycles. The lowest BCUT2D eigenvalue weighted by Crippen LogP contribution is -2.32. The van der Waals surface area contributed by atoms with E-state index in [0.29, 0.717) is 23.2 Å². The molecule has 3 heterocycles. The zero-order valence-electron chi connectivity index (χ0n) is 20.6. The number of carboxylic acid groups (broad SMARTS) is 1. The lowest BCUT2D eigenvalue weighted by Gasteiger charge is -2.25. The molecule has 1 aliphatic heterocycles. The van der Waals surface area contributed by atoms with Crippen LogP contribution in [-0.4, -0.2) is 38.5 Å². The summed E-state index contributed by atoms with van der Waals surface area (Å²) >= 11 is 5.69. The lowest BCUT2D eigenvalue weighted by molar-refractivity contribution is -0.116. The molecule has 0 saturated carbocycles. The molecular formula is C29H26N4O4S. The van der Waals surface area contributed by atoms with E-state index in [-0.39, 0.29) is 30.0 Å². The van der Waals surface area contributed by atoms with E-state index in [2.05, 4.69) is 15.6 Å². The third-order valence-corrected chi connectivity index (χ3v) is 6.84. The first-order valence-electron chi connectivity index (χ1n) is 12.2. The minimum atomic E-state index is -0.976. The summed E-state index contributed by atoms with van der Waals surface area (Å²) in [5.41, 5.74) is 3.36. The zero-order valence-corrected chi connectivity index (χ0v) is 21.4. The molecule has 2 aromatic carbocycles. The van der Waals surface area contributed by atoms with Gasteiger partial charge in [-0.3, -0.25) is 9.78 Å². The average Bonchev–Trinajstić information content (AvgIpc) is 3.52. The van der Waals surface area contributed by atoms with Gasteiger partial charge in [0.1, 0.15) is 17.6 Å². The Bertz CT molecular complexity index is 1470. The van der Waals surface area contributed by atoms with E-state index in [4.69, 9.17) is 16.6 Å². The molecule has 3 N–H and O–H groups in total. The Balaban J connectivity index is 1.42. The van der Waals surface area contributed by atoms with Crippen LogP contribution in [0.3, 0.4) is 0 Å². The van der Waals surface area contributed by atoms with Crippen molar-refractivity contribution >= 4 is 34.9 Å². The number of hydrogen-bond acceptors (Lipinski definition) is 5. The molecule has 4 aromatic rings. The van der Waals surface area contributed by atoms with E-state index in [1.165, 1.54) is 0 Å². The predicted molar refractivity (Wildman–Crippen MR) is 148 cm³/mol. The molecule has 0 radical (unpaired) electrons. The number of anilines is 1. The molecule has 8 nitrogen and oxygen atoms in total. The van der Waals surface area contributed by atoms with Crippen molar-refractivity contribution < 1.29 is 19.1 Å². The maximum Gasteiger partial charge on any atom is 0.335 e. The van der Waals surface area contributed by atoms with Gasteiger partial charge < -0.3 is 25.1 Å². The van der Waals surface area contributed by atoms with E-state index < -0.39 is 5.97 Å². The van der Waals surface area contributed by atoms with Gasteiger partial charge in [0, 0.05) is 30.4 Å². The van der Waals surface area contributed by atoms with Crippen LogP contribution in [-0.2, 0) is 4.79 Å². The van der Waals surface area contributed by atoms with Crippen molar-refractivity contribution in [3.05, 3.63) is 108 Å². The number of nitrogens with one attached hydrogen (secondary N) is 2. The molecule has 9 heteroatoms. The van der Waals surface area contributed by atoms with Gasteiger partial charge in [-0.05, 0) is 73.2 Å². The van der Waals surface area contributed by atoms with Gasteiger partial charge in [-0.2, -0.15) is 0 Å². The van der Waals surface area contributed by atoms with Crippen molar-refractivity contribution in [2.75, 3.05) is 11.9 Å². The monoisotopic (exact) mass is 526 g/mol. The van der Waals surface area contributed by atoms with Gasteiger partial charge in [-0.1, -0.05) is 30.3 Å². The molecule has 1 amide bonds. The fraction of sp³-hybridized carbons (Fsp3) is 0.172. The Morgan fingerprint density at radius 1 is 1.08 bits per heavy atom. The second kappa shape index (κ2) is 10.9. The van der Waals surface area contributed by atoms with Gasteiger partial charge in [0.15, 0.2) is 5.11 Å². The molecule has 1 aliphatic rings. The van der Waals surface area contributed by atoms with Gasteiger partial charge in [-0.25, -0.2) is 4.79 Å². The summed E-state index contributed by atoms with van der Waals surface area (Å²) in [6.45, 7) is 2.23. The van der Waals surface area contributed by atoms with Crippen molar-refractivity contribution in [1.29, 1.82) is 0 Å². The number of carboxylic acids is 1. The number of aryl methyl sites for hydroxylation is 1. The van der Waals surface area contributed by atoms with E-state index in [0.717, 1.165) is 22.5 Å². The normalized spacial score (nSPS) is 16.8. The number of thiocarbonyl (C=S) groups is 1. The molecule has 0 bridgehead atoms. The summed E-state index contributed by atoms with van der Waals surface area (Å²) in [6, 6.07) is 23.1. The minimum absolute atomic E-state index is 0.117. The molecule has 1 fully saturated rings. The fourth-order valence-corrected chi connectivity index (χ4v) is 4.98. The van der Waals surface area contributed by atoms with Crippen LogP contribution in [0.5, 0.6) is 0 Å². The quantitative estimate of drug-likeness (QED) is 0.264. The highest BCUT2D eigenvalue weighted by molar-refractivity contribution is 7.80. The highest BCUT2D eigenvalue weighted by Crippen LogP contribution is 2.40. The van der Waals surface area contributed by atoms with Crippen LogP contribution in [0.4, 0.5) is 5.69 Å². The number of pyridine rings is 1. The van der Waals surface area contributed by atoms with E-state index in [1.54, 1.807) is 24.4 Å². The highest BCUT2D eigenvalue weighted by Gasteiger charge is 2.41. The van der Waals surface area contributed by atoms with Crippen LogP contribution < -0.4 is 10.6 Å². The van der Waals surface area contributed by atoms with Crippen molar-refractivity contribution in [2.24, 2.45) is 0 Å². The number of carbonyl (C=O) groups is 2. The lowest BCUT2D eigenvalue weighted by atomic mass is 10.0. The summed E-state index contributed by atoms with van der Waals surface area (Å²) in [7, 11) is 0. The van der Waals surface area contributed by atoms with Gasteiger partial charge in [0.25, 0.3) is 0 Å². The Morgan fingerprint density at radius 2 is 1.87 bits per heavy atom. The molecule has 0 aliphatic carbocycles. The van der Waals surface area contributed by atoms with Crippen LogP contribution >= 0.6 is 12.2 Å². The van der Waals surface area contributed by atoms with Crippen LogP contribution in [0.1, 0.15) is 45.9 Å². The van der Waals surface area contributed by atoms with E-state index in [9.17, 15) is 14.7 Å². The zero-order chi connectivity index (χ0) is 26.6. The summed E-state index contributed by atoms with van der Waals surface area (Å²) in [5.74, 6) is 0.186. The number of hydrogen-bond donors (Lipinski definition) is 3. The summed E-state index contributed by atoms with van der Waals surface area (Å²) < 4.78 is 6.35. The Kier molecular flexibility index (Phi) is 7.19. The van der Waals surface area contributed by atoms with Gasteiger partial charge >= 0.3 is 5.97 Å². The first-order chi connectivity index (χ1) is 18.4. The molecule has 0 unspecified atom stereocenters. The standard InChI is InChI=1S/C29H26N4O4S/c1-18-17-19(28(35)36)10-11-21(18)23-12-13-24(37-23)27-26(22-9-5-6-15-30-22)32-29(38)33(27)16-14-25(34)31-20-7-3-2-4-8-20/h2-13,15,17,26-27H,14,16H2,1H3,(H,31,34)(H,32,38)(H,35,36)/t26-,27+/m0/s1. The van der Waals surface area contributed by atoms with Gasteiger partial charge in [0.05, 0.1) is 17.3 Å². The first kappa shape index (κ1) is 25.2. The third kappa shape index (κ3) is 5.28. The molecule has 192 valence electrons. The third-order valence-electron chi connectivity index (χ3n) is 6.49. The molecule has 2 aromatic heterocycles. The number of nitrogens with zero attached hydrogens (tertiary/aromatic N) is 2. The topological polar surface area (TPSA) is 108 Å². The van der Waals surface area contributed by atoms with Crippen molar-refractivity contribution in [3.8, 4) is 11.3 Å². The number of amides is 1. The fourth-order valence-electron chi connectivity index (χ4n) is 4.65. The Morgan fingerprint density at radius 3 is 2.58 bits per heavy atom. The van der Waals surface area contributed by atoms with Crippen LogP contribution in [0.25, 0.3) is 11.3 Å². The van der Waals surface area contributed by atoms with Gasteiger partial charge in [-0.15, -0.1) is 0 Å². The Labute approximate surface area is 225 Å². The molecule has 38 heavy (non-hydrogen) atoms. The molecule has 5 rings (SSSR count). The number of para-hydroxylation sites is 1. The smallest absolute Gasteiger partial charge is 0.335 e. The number of aromatic carboxylic acids is 1. The summed E-state index contributed by atoms with van der Waals surface area (Å²) in [5, 5.41) is 16.1. The second-order valence-corrected chi connectivity index (χ2v) is 9.41. The summed E-state index contributed by atoms with van der Waals surface area (Å²) in [6.07, 6.45) is 1.96. The first-order valence-corrected chi connectivity index (χ1v) is 12.6. The molecule has 0 spiro atoms. The van der Waals surface area contributed by atoms with Crippen LogP contribution in [0, 0.1) is 6.92 Å². The largest absolute Gasteiger partial charge is 0.478 e.